The van der Waals surface area contributed by atoms with Crippen molar-refractivity contribution in [3.8, 4) is 5.75 Å². The number of hydrogen-bond acceptors (Lipinski definition) is 4. The number of hydrogen-bond donors (Lipinski definition) is 1. The molecule has 26 heavy (non-hydrogen) atoms. The van der Waals surface area contributed by atoms with Crippen LogP contribution in [0.1, 0.15) is 50.2 Å². The summed E-state index contributed by atoms with van der Waals surface area (Å²) in [4.78, 5) is 15.3. The fourth-order valence-electron chi connectivity index (χ4n) is 6.08. The number of ketones is 1. The average molecular weight is 355 g/mol. The SMILES string of the molecule is COc1ccc2c(c1)C13CCN(CC4CC4)C(C2)C1(O)CC(C)C(=O)C3. The van der Waals surface area contributed by atoms with Crippen molar-refractivity contribution in [2.24, 2.45) is 11.8 Å². The van der Waals surface area contributed by atoms with Gasteiger partial charge in [-0.1, -0.05) is 13.0 Å². The van der Waals surface area contributed by atoms with Gasteiger partial charge in [0.15, 0.2) is 0 Å². The van der Waals surface area contributed by atoms with Gasteiger partial charge < -0.3 is 9.84 Å². The second-order valence-electron chi connectivity index (χ2n) is 9.19. The van der Waals surface area contributed by atoms with Crippen molar-refractivity contribution in [1.82, 2.24) is 4.90 Å². The van der Waals surface area contributed by atoms with E-state index >= 15 is 0 Å². The predicted molar refractivity (Wildman–Crippen MR) is 99.4 cm³/mol. The van der Waals surface area contributed by atoms with E-state index in [1.165, 1.54) is 24.0 Å². The third kappa shape index (κ3) is 2.18. The number of fused-ring (bicyclic) bond motifs is 1. The fraction of sp³-hybridized carbons (Fsp3) is 0.682. The van der Waals surface area contributed by atoms with Gasteiger partial charge in [0.25, 0.3) is 0 Å². The van der Waals surface area contributed by atoms with Gasteiger partial charge in [-0.05, 0) is 67.8 Å². The van der Waals surface area contributed by atoms with Crippen LogP contribution in [0.2, 0.25) is 0 Å². The number of methoxy groups -OCH3 is 1. The molecule has 1 saturated heterocycles. The molecule has 0 amide bonds. The second kappa shape index (κ2) is 5.56. The van der Waals surface area contributed by atoms with Gasteiger partial charge in [-0.15, -0.1) is 0 Å². The lowest BCUT2D eigenvalue weighted by molar-refractivity contribution is -0.180. The number of nitrogens with zero attached hydrogens (tertiary/aromatic N) is 1. The first kappa shape index (κ1) is 16.8. The molecule has 0 spiro atoms. The summed E-state index contributed by atoms with van der Waals surface area (Å²) in [5.41, 5.74) is 1.21. The molecule has 1 aromatic rings. The normalized spacial score (nSPS) is 39.3. The summed E-state index contributed by atoms with van der Waals surface area (Å²) in [5, 5.41) is 12.1. The van der Waals surface area contributed by atoms with Gasteiger partial charge in [0.2, 0.25) is 0 Å². The number of carbonyl (C=O) groups is 1. The Morgan fingerprint density at radius 3 is 2.88 bits per heavy atom. The van der Waals surface area contributed by atoms with Crippen LogP contribution < -0.4 is 4.74 Å². The van der Waals surface area contributed by atoms with Gasteiger partial charge >= 0.3 is 0 Å². The summed E-state index contributed by atoms with van der Waals surface area (Å²) < 4.78 is 5.48. The van der Waals surface area contributed by atoms with Gasteiger partial charge in [0.05, 0.1) is 12.7 Å². The van der Waals surface area contributed by atoms with E-state index in [9.17, 15) is 9.90 Å². The monoisotopic (exact) mass is 355 g/mol. The quantitative estimate of drug-likeness (QED) is 0.906. The highest BCUT2D eigenvalue weighted by Gasteiger charge is 2.66. The lowest BCUT2D eigenvalue weighted by Gasteiger charge is -2.64. The number of piperidine rings is 1. The highest BCUT2D eigenvalue weighted by molar-refractivity contribution is 5.84. The molecule has 2 bridgehead atoms. The zero-order valence-electron chi connectivity index (χ0n) is 15.8. The van der Waals surface area contributed by atoms with Crippen molar-refractivity contribution >= 4 is 5.78 Å². The Kier molecular flexibility index (Phi) is 3.58. The van der Waals surface area contributed by atoms with E-state index in [-0.39, 0.29) is 12.0 Å². The minimum absolute atomic E-state index is 0.0522. The van der Waals surface area contributed by atoms with Crippen molar-refractivity contribution in [3.05, 3.63) is 29.3 Å². The Bertz CT molecular complexity index is 758. The molecule has 140 valence electrons. The number of rotatable bonds is 3. The topological polar surface area (TPSA) is 49.8 Å². The van der Waals surface area contributed by atoms with Crippen molar-refractivity contribution in [2.75, 3.05) is 20.2 Å². The molecule has 5 rings (SSSR count). The second-order valence-corrected chi connectivity index (χ2v) is 9.19. The maximum absolute atomic E-state index is 12.8. The van der Waals surface area contributed by atoms with Crippen molar-refractivity contribution in [3.63, 3.8) is 0 Å². The van der Waals surface area contributed by atoms with Crippen molar-refractivity contribution in [1.29, 1.82) is 0 Å². The third-order valence-electron chi connectivity index (χ3n) is 7.73. The first-order valence-corrected chi connectivity index (χ1v) is 10.1. The molecule has 4 heteroatoms. The van der Waals surface area contributed by atoms with E-state index in [0.29, 0.717) is 18.6 Å². The van der Waals surface area contributed by atoms with Crippen LogP contribution in [0.15, 0.2) is 18.2 Å². The Balaban J connectivity index is 1.65. The number of aliphatic hydroxyl groups is 1. The first-order chi connectivity index (χ1) is 12.5. The van der Waals surface area contributed by atoms with Crippen molar-refractivity contribution in [2.45, 2.75) is 62.5 Å². The lowest BCUT2D eigenvalue weighted by atomic mass is 9.48. The molecule has 4 nitrogen and oxygen atoms in total. The fourth-order valence-corrected chi connectivity index (χ4v) is 6.08. The summed E-state index contributed by atoms with van der Waals surface area (Å²) in [6.45, 7) is 4.09. The number of benzene rings is 1. The molecule has 2 saturated carbocycles. The van der Waals surface area contributed by atoms with Crippen LogP contribution in [0.25, 0.3) is 0 Å². The molecule has 1 aromatic carbocycles. The summed E-state index contributed by atoms with van der Waals surface area (Å²) in [7, 11) is 1.68. The largest absolute Gasteiger partial charge is 0.497 e. The first-order valence-electron chi connectivity index (χ1n) is 10.1. The standard InChI is InChI=1S/C22H29NO3/c1-14-11-22(25)20-9-16-5-6-17(26-2)10-18(16)21(22,12-19(14)24)7-8-23(20)13-15-3-4-15/h5-6,10,14-15,20,25H,3-4,7-9,11-13H2,1-2H3. The van der Waals surface area contributed by atoms with Gasteiger partial charge in [0, 0.05) is 30.3 Å². The number of carbonyl (C=O) groups excluding carboxylic acids is 1. The summed E-state index contributed by atoms with van der Waals surface area (Å²) in [6, 6.07) is 6.41. The molecule has 4 unspecified atom stereocenters. The lowest BCUT2D eigenvalue weighted by Crippen LogP contribution is -2.74. The molecule has 1 N–H and O–H groups in total. The maximum Gasteiger partial charge on any atom is 0.136 e. The van der Waals surface area contributed by atoms with Crippen LogP contribution in [0.4, 0.5) is 0 Å². The Morgan fingerprint density at radius 1 is 1.35 bits per heavy atom. The van der Waals surface area contributed by atoms with E-state index in [1.807, 2.05) is 13.0 Å². The van der Waals surface area contributed by atoms with Crippen LogP contribution in [0.5, 0.6) is 5.75 Å². The van der Waals surface area contributed by atoms with Crippen LogP contribution >= 0.6 is 0 Å². The number of ether oxygens (including phenoxy) is 1. The Labute approximate surface area is 155 Å². The van der Waals surface area contributed by atoms with Gasteiger partial charge in [0.1, 0.15) is 11.5 Å². The summed E-state index contributed by atoms with van der Waals surface area (Å²) in [6.07, 6.45) is 5.47. The van der Waals surface area contributed by atoms with Crippen LogP contribution in [0, 0.1) is 11.8 Å². The number of Topliss-reactive ketones (excluding diaryl/α,β-unsaturated/α-hetero) is 1. The zero-order chi connectivity index (χ0) is 18.1. The van der Waals surface area contributed by atoms with Crippen LogP contribution in [-0.4, -0.2) is 47.6 Å². The van der Waals surface area contributed by atoms with Crippen LogP contribution in [-0.2, 0) is 16.6 Å². The smallest absolute Gasteiger partial charge is 0.136 e. The van der Waals surface area contributed by atoms with E-state index in [2.05, 4.69) is 17.0 Å². The van der Waals surface area contributed by atoms with E-state index < -0.39 is 11.0 Å². The molecular formula is C22H29NO3. The summed E-state index contributed by atoms with van der Waals surface area (Å²) >= 11 is 0. The highest BCUT2D eigenvalue weighted by atomic mass is 16.5. The van der Waals surface area contributed by atoms with Gasteiger partial charge in [-0.3, -0.25) is 9.69 Å². The minimum Gasteiger partial charge on any atom is -0.497 e. The highest BCUT2D eigenvalue weighted by Crippen LogP contribution is 2.59. The third-order valence-corrected chi connectivity index (χ3v) is 7.73. The van der Waals surface area contributed by atoms with Crippen LogP contribution in [0.3, 0.4) is 0 Å². The zero-order valence-corrected chi connectivity index (χ0v) is 15.8. The van der Waals surface area contributed by atoms with Crippen molar-refractivity contribution < 1.29 is 14.6 Å². The Hall–Kier alpha value is -1.39. The van der Waals surface area contributed by atoms with E-state index in [0.717, 1.165) is 37.6 Å². The molecule has 4 atom stereocenters. The maximum atomic E-state index is 12.8. The molecule has 4 aliphatic rings. The molecule has 1 heterocycles. The van der Waals surface area contributed by atoms with E-state index in [1.54, 1.807) is 7.11 Å². The molecule has 3 aliphatic carbocycles. The molecule has 1 aliphatic heterocycles. The molecule has 3 fully saturated rings. The predicted octanol–water partition coefficient (Wildman–Crippen LogP) is 2.70. The summed E-state index contributed by atoms with van der Waals surface area (Å²) in [5.74, 6) is 1.89. The van der Waals surface area contributed by atoms with Gasteiger partial charge in [-0.25, -0.2) is 0 Å². The Morgan fingerprint density at radius 2 is 2.15 bits per heavy atom. The molecular weight excluding hydrogens is 326 g/mol. The molecule has 0 radical (unpaired) electrons. The number of likely N-dealkylation sites (tertiary alicyclic amines) is 1. The van der Waals surface area contributed by atoms with Gasteiger partial charge in [-0.2, -0.15) is 0 Å². The minimum atomic E-state index is -0.813. The molecule has 0 aromatic heterocycles. The average Bonchev–Trinajstić information content (AvgIpc) is 3.43. The van der Waals surface area contributed by atoms with E-state index in [4.69, 9.17) is 4.74 Å².